The highest BCUT2D eigenvalue weighted by molar-refractivity contribution is 5.98. The molecule has 0 unspecified atom stereocenters. The fraction of sp³-hybridized carbons (Fsp3) is 0.235. The number of halogens is 4. The van der Waals surface area contributed by atoms with Gasteiger partial charge in [0.05, 0.1) is 5.57 Å². The summed E-state index contributed by atoms with van der Waals surface area (Å²) in [5.74, 6) is -0.558. The third-order valence-electron chi connectivity index (χ3n) is 3.85. The smallest absolute Gasteiger partial charge is 0.229 e. The first-order valence-electron chi connectivity index (χ1n) is 6.79. The van der Waals surface area contributed by atoms with Crippen LogP contribution < -0.4 is 0 Å². The molecule has 0 radical (unpaired) electrons. The summed E-state index contributed by atoms with van der Waals surface area (Å²) in [6.45, 7) is 5.23. The lowest BCUT2D eigenvalue weighted by Crippen LogP contribution is -2.17. The maximum atomic E-state index is 13.8. The number of hydrogen-bond donors (Lipinski definition) is 0. The van der Waals surface area contributed by atoms with Crippen molar-refractivity contribution in [1.29, 1.82) is 0 Å². The van der Waals surface area contributed by atoms with E-state index in [1.54, 1.807) is 25.1 Å². The molecule has 5 heteroatoms. The van der Waals surface area contributed by atoms with Crippen molar-refractivity contribution in [1.82, 2.24) is 0 Å². The molecule has 1 aromatic carbocycles. The van der Waals surface area contributed by atoms with Crippen molar-refractivity contribution in [3.63, 3.8) is 0 Å². The molecule has 114 valence electrons. The molecule has 3 rings (SSSR count). The van der Waals surface area contributed by atoms with Crippen LogP contribution in [0, 0.1) is 0 Å². The quantitative estimate of drug-likeness (QED) is 0.496. The molecule has 0 spiro atoms. The molecule has 0 fully saturated rings. The Hall–Kier alpha value is -2.17. The summed E-state index contributed by atoms with van der Waals surface area (Å²) in [4.78, 5) is 3.75. The lowest BCUT2D eigenvalue weighted by molar-refractivity contribution is -0.0886. The van der Waals surface area contributed by atoms with Gasteiger partial charge in [-0.2, -0.15) is 17.6 Å². The van der Waals surface area contributed by atoms with Crippen molar-refractivity contribution in [2.75, 3.05) is 0 Å². The van der Waals surface area contributed by atoms with Gasteiger partial charge in [0.2, 0.25) is 5.95 Å². The molecule has 1 nitrogen and oxygen atoms in total. The molecule has 0 saturated carbocycles. The molecule has 0 N–H and O–H groups in total. The van der Waals surface area contributed by atoms with E-state index in [0.717, 1.165) is 11.6 Å². The Morgan fingerprint density at radius 1 is 1.18 bits per heavy atom. The number of rotatable bonds is 1. The molecule has 0 saturated heterocycles. The minimum absolute atomic E-state index is 0.0539. The van der Waals surface area contributed by atoms with Gasteiger partial charge in [-0.05, 0) is 47.8 Å². The molecule has 0 bridgehead atoms. The highest BCUT2D eigenvalue weighted by Crippen LogP contribution is 2.39. The summed E-state index contributed by atoms with van der Waals surface area (Å²) >= 11 is 0. The fourth-order valence-electron chi connectivity index (χ4n) is 2.77. The second-order valence-electron chi connectivity index (χ2n) is 5.54. The molecule has 1 heterocycles. The maximum Gasteiger partial charge on any atom is 0.416 e. The minimum Gasteiger partial charge on any atom is -0.229 e. The van der Waals surface area contributed by atoms with E-state index in [1.807, 2.05) is 0 Å². The van der Waals surface area contributed by atoms with Crippen LogP contribution in [0.4, 0.5) is 17.6 Å². The van der Waals surface area contributed by atoms with Crippen molar-refractivity contribution in [3.8, 4) is 0 Å². The van der Waals surface area contributed by atoms with Gasteiger partial charge in [-0.1, -0.05) is 18.7 Å². The highest BCUT2D eigenvalue weighted by Gasteiger charge is 2.37. The number of fused-ring (bicyclic) bond motifs is 1. The molecular formula is C17H13F4N. The third kappa shape index (κ3) is 2.51. The average Bonchev–Trinajstić information content (AvgIpc) is 2.75. The Morgan fingerprint density at radius 2 is 1.91 bits per heavy atom. The van der Waals surface area contributed by atoms with Crippen LogP contribution in [0.2, 0.25) is 0 Å². The molecule has 0 aromatic heterocycles. The first-order valence-corrected chi connectivity index (χ1v) is 6.79. The van der Waals surface area contributed by atoms with Gasteiger partial charge in [-0.15, -0.1) is 0 Å². The molecule has 22 heavy (non-hydrogen) atoms. The van der Waals surface area contributed by atoms with E-state index in [4.69, 9.17) is 0 Å². The van der Waals surface area contributed by atoms with Gasteiger partial charge in [-0.3, -0.25) is 0 Å². The monoisotopic (exact) mass is 307 g/mol. The largest absolute Gasteiger partial charge is 0.416 e. The summed E-state index contributed by atoms with van der Waals surface area (Å²) in [7, 11) is 0. The second-order valence-corrected chi connectivity index (χ2v) is 5.54. The van der Waals surface area contributed by atoms with Crippen molar-refractivity contribution in [2.24, 2.45) is 4.99 Å². The molecule has 1 aliphatic carbocycles. The van der Waals surface area contributed by atoms with E-state index in [2.05, 4.69) is 11.6 Å². The first-order chi connectivity index (χ1) is 10.3. The summed E-state index contributed by atoms with van der Waals surface area (Å²) in [6, 6.07) is 5.05. The molecule has 0 amide bonds. The Bertz CT molecular complexity index is 763. The predicted octanol–water partition coefficient (Wildman–Crippen LogP) is 5.25. The third-order valence-corrected chi connectivity index (χ3v) is 3.85. The van der Waals surface area contributed by atoms with E-state index in [-0.39, 0.29) is 12.0 Å². The van der Waals surface area contributed by atoms with Crippen molar-refractivity contribution >= 4 is 17.4 Å². The second kappa shape index (κ2) is 4.93. The predicted molar refractivity (Wildman–Crippen MR) is 79.1 cm³/mol. The van der Waals surface area contributed by atoms with Gasteiger partial charge >= 0.3 is 6.18 Å². The van der Waals surface area contributed by atoms with Gasteiger partial charge in [0.1, 0.15) is 0 Å². The zero-order valence-electron chi connectivity index (χ0n) is 11.9. The lowest BCUT2D eigenvalue weighted by atomic mass is 9.86. The summed E-state index contributed by atoms with van der Waals surface area (Å²) in [5, 5.41) is 0. The van der Waals surface area contributed by atoms with Crippen molar-refractivity contribution in [3.05, 3.63) is 58.6 Å². The summed E-state index contributed by atoms with van der Waals surface area (Å²) in [6.07, 6.45) is -2.81. The molecule has 1 aliphatic heterocycles. The number of allylic oxidation sites excluding steroid dienone is 3. The minimum atomic E-state index is -4.43. The average molecular weight is 307 g/mol. The number of nitrogens with zero attached hydrogens (tertiary/aromatic N) is 1. The topological polar surface area (TPSA) is 12.4 Å². The number of benzene rings is 1. The standard InChI is InChI=1S/C17H13F4N/c1-9-5-11-3-4-12(14-6-10(2)22-16(14)18)7-13(11)8-15(9)17(19,20)21/h3-4,7-8H,1,5-6H2,2H3. The van der Waals surface area contributed by atoms with E-state index >= 15 is 0 Å². The van der Waals surface area contributed by atoms with Crippen molar-refractivity contribution < 1.29 is 17.6 Å². The van der Waals surface area contributed by atoms with E-state index in [0.29, 0.717) is 28.8 Å². The fourth-order valence-corrected chi connectivity index (χ4v) is 2.77. The first kappa shape index (κ1) is 14.8. The van der Waals surface area contributed by atoms with Crippen LogP contribution in [0.5, 0.6) is 0 Å². The Kier molecular flexibility index (Phi) is 3.31. The molecule has 2 aliphatic rings. The van der Waals surface area contributed by atoms with Crippen LogP contribution in [0.3, 0.4) is 0 Å². The zero-order valence-corrected chi connectivity index (χ0v) is 11.9. The number of hydrogen-bond acceptors (Lipinski definition) is 1. The van der Waals surface area contributed by atoms with Gasteiger partial charge in [0, 0.05) is 17.7 Å². The molecule has 0 atom stereocenters. The van der Waals surface area contributed by atoms with E-state index in [1.165, 1.54) is 0 Å². The SMILES string of the molecule is C=C1Cc2ccc(C3=C(F)N=C(C)C3)cc2C=C1C(F)(F)F. The van der Waals surface area contributed by atoms with Crippen molar-refractivity contribution in [2.45, 2.75) is 25.9 Å². The van der Waals surface area contributed by atoms with Crippen LogP contribution in [0.15, 0.2) is 46.9 Å². The van der Waals surface area contributed by atoms with Crippen LogP contribution in [-0.4, -0.2) is 11.9 Å². The summed E-state index contributed by atoms with van der Waals surface area (Å²) in [5.41, 5.74) is 2.21. The molecule has 1 aromatic rings. The summed E-state index contributed by atoms with van der Waals surface area (Å²) < 4.78 is 52.7. The van der Waals surface area contributed by atoms with E-state index < -0.39 is 17.7 Å². The van der Waals surface area contributed by atoms with Crippen LogP contribution in [0.1, 0.15) is 30.0 Å². The lowest BCUT2D eigenvalue weighted by Gasteiger charge is -2.21. The normalized spacial score (nSPS) is 18.3. The Labute approximate surface area is 125 Å². The van der Waals surface area contributed by atoms with Gasteiger partial charge < -0.3 is 0 Å². The Morgan fingerprint density at radius 3 is 2.50 bits per heavy atom. The highest BCUT2D eigenvalue weighted by atomic mass is 19.4. The van der Waals surface area contributed by atoms with Crippen LogP contribution >= 0.6 is 0 Å². The Balaban J connectivity index is 2.05. The maximum absolute atomic E-state index is 13.8. The van der Waals surface area contributed by atoms with Crippen LogP contribution in [0.25, 0.3) is 11.6 Å². The van der Waals surface area contributed by atoms with Gasteiger partial charge in [0.15, 0.2) is 0 Å². The molecular weight excluding hydrogens is 294 g/mol. The van der Waals surface area contributed by atoms with E-state index in [9.17, 15) is 17.6 Å². The van der Waals surface area contributed by atoms with Gasteiger partial charge in [-0.25, -0.2) is 4.99 Å². The number of aliphatic imine (C=N–C) groups is 1. The van der Waals surface area contributed by atoms with Crippen LogP contribution in [-0.2, 0) is 6.42 Å². The zero-order chi connectivity index (χ0) is 16.1. The number of alkyl halides is 3. The van der Waals surface area contributed by atoms with Gasteiger partial charge in [0.25, 0.3) is 0 Å².